The van der Waals surface area contributed by atoms with Crippen molar-refractivity contribution >= 4 is 34.2 Å². The Morgan fingerprint density at radius 2 is 2.00 bits per heavy atom. The number of rotatable bonds is 5. The number of amides is 1. The van der Waals surface area contributed by atoms with Crippen LogP contribution in [0.5, 0.6) is 0 Å². The smallest absolute Gasteiger partial charge is 0.254 e. The summed E-state index contributed by atoms with van der Waals surface area (Å²) >= 11 is 3.46. The lowest BCUT2D eigenvalue weighted by Gasteiger charge is -2.42. The average molecular weight is 400 g/mol. The fraction of sp³-hybridized carbons (Fsp3) is 0.353. The molecule has 0 aliphatic heterocycles. The standard InChI is InChI=1S/C17H19BrN2O2.ClH/c18-14-4-2-13(3-5-14)17(6-1-7-17)11-20-16(21)12-8-15(9-19)22-10-12;/h2-5,8,10H,1,6-7,9,11,19H2,(H,20,21);1H. The van der Waals surface area contributed by atoms with E-state index < -0.39 is 0 Å². The number of carbonyl (C=O) groups excluding carboxylic acids is 1. The second-order valence-corrected chi connectivity index (χ2v) is 6.74. The Balaban J connectivity index is 0.00000192. The van der Waals surface area contributed by atoms with Gasteiger partial charge >= 0.3 is 0 Å². The summed E-state index contributed by atoms with van der Waals surface area (Å²) in [5.74, 6) is 0.517. The molecule has 1 saturated carbocycles. The van der Waals surface area contributed by atoms with Gasteiger partial charge in [0.1, 0.15) is 12.0 Å². The maximum Gasteiger partial charge on any atom is 0.254 e. The Morgan fingerprint density at radius 1 is 1.30 bits per heavy atom. The highest BCUT2D eigenvalue weighted by molar-refractivity contribution is 9.10. The molecule has 3 N–H and O–H groups in total. The third-order valence-electron chi connectivity index (χ3n) is 4.47. The van der Waals surface area contributed by atoms with Gasteiger partial charge in [-0.1, -0.05) is 34.5 Å². The van der Waals surface area contributed by atoms with Crippen LogP contribution in [0.1, 0.15) is 40.9 Å². The number of furan rings is 1. The molecule has 1 aromatic heterocycles. The molecule has 0 spiro atoms. The largest absolute Gasteiger partial charge is 0.467 e. The van der Waals surface area contributed by atoms with E-state index in [-0.39, 0.29) is 23.7 Å². The van der Waals surface area contributed by atoms with Crippen LogP contribution in [0, 0.1) is 0 Å². The van der Waals surface area contributed by atoms with Crippen molar-refractivity contribution in [3.8, 4) is 0 Å². The third kappa shape index (κ3) is 3.79. The van der Waals surface area contributed by atoms with Crippen LogP contribution in [0.25, 0.3) is 0 Å². The topological polar surface area (TPSA) is 68.3 Å². The SMILES string of the molecule is Cl.NCc1cc(C(=O)NCC2(c3ccc(Br)cc3)CCC2)co1. The van der Waals surface area contributed by atoms with Crippen LogP contribution < -0.4 is 11.1 Å². The number of nitrogens with one attached hydrogen (secondary N) is 1. The van der Waals surface area contributed by atoms with Gasteiger partial charge in [-0.2, -0.15) is 0 Å². The molecule has 3 rings (SSSR count). The molecule has 23 heavy (non-hydrogen) atoms. The summed E-state index contributed by atoms with van der Waals surface area (Å²) in [5, 5.41) is 3.04. The van der Waals surface area contributed by atoms with Crippen LogP contribution in [0.3, 0.4) is 0 Å². The molecule has 4 nitrogen and oxygen atoms in total. The van der Waals surface area contributed by atoms with Gasteiger partial charge in [0.05, 0.1) is 12.1 Å². The first-order valence-corrected chi connectivity index (χ1v) is 8.24. The summed E-state index contributed by atoms with van der Waals surface area (Å²) < 4.78 is 6.29. The van der Waals surface area contributed by atoms with Crippen LogP contribution in [0.15, 0.2) is 45.5 Å². The molecule has 2 aromatic rings. The molecule has 0 saturated heterocycles. The molecule has 0 bridgehead atoms. The zero-order chi connectivity index (χ0) is 15.6. The summed E-state index contributed by atoms with van der Waals surface area (Å²) in [7, 11) is 0. The quantitative estimate of drug-likeness (QED) is 0.804. The number of nitrogens with two attached hydrogens (primary N) is 1. The molecule has 1 heterocycles. The van der Waals surface area contributed by atoms with Gasteiger partial charge < -0.3 is 15.5 Å². The van der Waals surface area contributed by atoms with E-state index in [2.05, 4.69) is 45.5 Å². The van der Waals surface area contributed by atoms with Crippen molar-refractivity contribution < 1.29 is 9.21 Å². The maximum atomic E-state index is 12.2. The normalized spacial score (nSPS) is 15.4. The molecule has 6 heteroatoms. The number of hydrogen-bond donors (Lipinski definition) is 2. The molecule has 0 unspecified atom stereocenters. The van der Waals surface area contributed by atoms with Crippen LogP contribution in [0.4, 0.5) is 0 Å². The molecule has 1 amide bonds. The Labute approximate surface area is 150 Å². The van der Waals surface area contributed by atoms with Gasteiger partial charge in [0.15, 0.2) is 0 Å². The van der Waals surface area contributed by atoms with Crippen molar-refractivity contribution in [3.63, 3.8) is 0 Å². The van der Waals surface area contributed by atoms with Gasteiger partial charge in [0, 0.05) is 16.4 Å². The second-order valence-electron chi connectivity index (χ2n) is 5.83. The molecule has 1 aliphatic carbocycles. The molecule has 124 valence electrons. The van der Waals surface area contributed by atoms with Crippen LogP contribution >= 0.6 is 28.3 Å². The molecule has 1 fully saturated rings. The highest BCUT2D eigenvalue weighted by Gasteiger charge is 2.38. The average Bonchev–Trinajstić information content (AvgIpc) is 2.96. The molecular formula is C17H20BrClN2O2. The molecule has 1 aromatic carbocycles. The van der Waals surface area contributed by atoms with Gasteiger partial charge in [0.2, 0.25) is 0 Å². The molecule has 1 aliphatic rings. The summed E-state index contributed by atoms with van der Waals surface area (Å²) in [6.07, 6.45) is 4.88. The van der Waals surface area contributed by atoms with E-state index in [4.69, 9.17) is 10.2 Å². The highest BCUT2D eigenvalue weighted by Crippen LogP contribution is 2.43. The van der Waals surface area contributed by atoms with Gasteiger partial charge in [-0.05, 0) is 36.6 Å². The lowest BCUT2D eigenvalue weighted by Crippen LogP contribution is -2.45. The predicted octanol–water partition coefficient (Wildman–Crippen LogP) is 3.77. The van der Waals surface area contributed by atoms with Crippen LogP contribution in [-0.4, -0.2) is 12.5 Å². The minimum absolute atomic E-state index is 0. The van der Waals surface area contributed by atoms with E-state index in [9.17, 15) is 4.79 Å². The molecule has 0 radical (unpaired) electrons. The third-order valence-corrected chi connectivity index (χ3v) is 5.00. The van der Waals surface area contributed by atoms with Crippen molar-refractivity contribution in [2.45, 2.75) is 31.2 Å². The number of carbonyl (C=O) groups is 1. The van der Waals surface area contributed by atoms with E-state index in [0.29, 0.717) is 24.4 Å². The highest BCUT2D eigenvalue weighted by atomic mass is 79.9. The fourth-order valence-corrected chi connectivity index (χ4v) is 3.20. The fourth-order valence-electron chi connectivity index (χ4n) is 2.93. The van der Waals surface area contributed by atoms with E-state index in [1.165, 1.54) is 18.2 Å². The zero-order valence-corrected chi connectivity index (χ0v) is 15.1. The van der Waals surface area contributed by atoms with Crippen molar-refractivity contribution in [3.05, 3.63) is 58.0 Å². The zero-order valence-electron chi connectivity index (χ0n) is 12.7. The Morgan fingerprint density at radius 3 is 2.52 bits per heavy atom. The van der Waals surface area contributed by atoms with E-state index in [1.54, 1.807) is 6.07 Å². The first-order valence-electron chi connectivity index (χ1n) is 7.45. The Hall–Kier alpha value is -1.30. The Bertz CT molecular complexity index is 665. The lowest BCUT2D eigenvalue weighted by atomic mass is 9.64. The van der Waals surface area contributed by atoms with E-state index >= 15 is 0 Å². The number of halogens is 2. The first-order chi connectivity index (χ1) is 10.6. The van der Waals surface area contributed by atoms with Crippen LogP contribution in [-0.2, 0) is 12.0 Å². The van der Waals surface area contributed by atoms with E-state index in [1.807, 2.05) is 0 Å². The molecule has 0 atom stereocenters. The predicted molar refractivity (Wildman–Crippen MR) is 95.9 cm³/mol. The number of benzene rings is 1. The van der Waals surface area contributed by atoms with Gasteiger partial charge in [-0.25, -0.2) is 0 Å². The van der Waals surface area contributed by atoms with Gasteiger partial charge in [-0.3, -0.25) is 4.79 Å². The Kier molecular flexibility index (Phi) is 5.89. The van der Waals surface area contributed by atoms with E-state index in [0.717, 1.165) is 17.3 Å². The molecular weight excluding hydrogens is 380 g/mol. The van der Waals surface area contributed by atoms with Crippen molar-refractivity contribution in [2.24, 2.45) is 5.73 Å². The maximum absolute atomic E-state index is 12.2. The number of hydrogen-bond acceptors (Lipinski definition) is 3. The second kappa shape index (κ2) is 7.51. The van der Waals surface area contributed by atoms with Crippen molar-refractivity contribution in [1.82, 2.24) is 5.32 Å². The summed E-state index contributed by atoms with van der Waals surface area (Å²) in [5.41, 5.74) is 7.38. The van der Waals surface area contributed by atoms with Crippen molar-refractivity contribution in [2.75, 3.05) is 6.54 Å². The minimum Gasteiger partial charge on any atom is -0.467 e. The summed E-state index contributed by atoms with van der Waals surface area (Å²) in [6, 6.07) is 10.1. The minimum atomic E-state index is -0.105. The first kappa shape index (κ1) is 18.0. The van der Waals surface area contributed by atoms with Gasteiger partial charge in [0.25, 0.3) is 5.91 Å². The lowest BCUT2D eigenvalue weighted by molar-refractivity contribution is 0.0927. The summed E-state index contributed by atoms with van der Waals surface area (Å²) in [6.45, 7) is 0.951. The summed E-state index contributed by atoms with van der Waals surface area (Å²) in [4.78, 5) is 12.2. The van der Waals surface area contributed by atoms with Crippen LogP contribution in [0.2, 0.25) is 0 Å². The monoisotopic (exact) mass is 398 g/mol. The van der Waals surface area contributed by atoms with Crippen molar-refractivity contribution in [1.29, 1.82) is 0 Å². The van der Waals surface area contributed by atoms with Gasteiger partial charge in [-0.15, -0.1) is 12.4 Å².